The second-order valence-electron chi connectivity index (χ2n) is 6.18. The SMILES string of the molecule is CN(c1cc(Cl)ncn1)[C@H]1CCN(C(=O)OC(C)(C)C)C1. The quantitative estimate of drug-likeness (QED) is 0.786. The second kappa shape index (κ2) is 6.05. The minimum absolute atomic E-state index is 0.198. The highest BCUT2D eigenvalue weighted by molar-refractivity contribution is 6.29. The number of nitrogens with zero attached hydrogens (tertiary/aromatic N) is 4. The average molecular weight is 313 g/mol. The first-order chi connectivity index (χ1) is 9.76. The van der Waals surface area contributed by atoms with E-state index >= 15 is 0 Å². The van der Waals surface area contributed by atoms with Crippen molar-refractivity contribution in [3.63, 3.8) is 0 Å². The maximum atomic E-state index is 12.1. The van der Waals surface area contributed by atoms with E-state index in [-0.39, 0.29) is 12.1 Å². The fourth-order valence-corrected chi connectivity index (χ4v) is 2.40. The number of carbonyl (C=O) groups is 1. The molecule has 0 radical (unpaired) electrons. The predicted octanol–water partition coefficient (Wildman–Crippen LogP) is 2.58. The van der Waals surface area contributed by atoms with Crippen LogP contribution < -0.4 is 4.90 Å². The van der Waals surface area contributed by atoms with Crippen LogP contribution in [0.4, 0.5) is 10.6 Å². The highest BCUT2D eigenvalue weighted by atomic mass is 35.5. The highest BCUT2D eigenvalue weighted by Crippen LogP contribution is 2.22. The van der Waals surface area contributed by atoms with Crippen LogP contribution in [0.25, 0.3) is 0 Å². The summed E-state index contributed by atoms with van der Waals surface area (Å²) < 4.78 is 5.40. The van der Waals surface area contributed by atoms with E-state index < -0.39 is 5.60 Å². The molecule has 6 nitrogen and oxygen atoms in total. The van der Waals surface area contributed by atoms with Gasteiger partial charge in [-0.3, -0.25) is 0 Å². The van der Waals surface area contributed by atoms with Gasteiger partial charge >= 0.3 is 6.09 Å². The van der Waals surface area contributed by atoms with Crippen LogP contribution in [0.2, 0.25) is 5.15 Å². The summed E-state index contributed by atoms with van der Waals surface area (Å²) in [6.07, 6.45) is 2.05. The molecule has 1 fully saturated rings. The van der Waals surface area contributed by atoms with Crippen LogP contribution >= 0.6 is 11.6 Å². The third-order valence-electron chi connectivity index (χ3n) is 3.34. The van der Waals surface area contributed by atoms with E-state index in [2.05, 4.69) is 9.97 Å². The number of likely N-dealkylation sites (N-methyl/N-ethyl adjacent to an activating group) is 1. The third kappa shape index (κ3) is 4.20. The van der Waals surface area contributed by atoms with Crippen molar-refractivity contribution < 1.29 is 9.53 Å². The van der Waals surface area contributed by atoms with Gasteiger partial charge in [-0.15, -0.1) is 0 Å². The van der Waals surface area contributed by atoms with Crippen molar-refractivity contribution in [3.05, 3.63) is 17.5 Å². The van der Waals surface area contributed by atoms with Crippen LogP contribution in [0.15, 0.2) is 12.4 Å². The zero-order chi connectivity index (χ0) is 15.6. The first kappa shape index (κ1) is 15.8. The Labute approximate surface area is 130 Å². The molecule has 7 heteroatoms. The van der Waals surface area contributed by atoms with Gasteiger partial charge in [0.25, 0.3) is 0 Å². The molecule has 1 aromatic heterocycles. The van der Waals surface area contributed by atoms with Crippen LogP contribution in [-0.2, 0) is 4.74 Å². The lowest BCUT2D eigenvalue weighted by atomic mass is 10.2. The first-order valence-corrected chi connectivity index (χ1v) is 7.32. The van der Waals surface area contributed by atoms with Gasteiger partial charge in [0.2, 0.25) is 0 Å². The van der Waals surface area contributed by atoms with E-state index in [1.165, 1.54) is 6.33 Å². The van der Waals surface area contributed by atoms with E-state index in [4.69, 9.17) is 16.3 Å². The van der Waals surface area contributed by atoms with Crippen molar-refractivity contribution in [1.82, 2.24) is 14.9 Å². The highest BCUT2D eigenvalue weighted by Gasteiger charge is 2.32. The normalized spacial score (nSPS) is 18.7. The summed E-state index contributed by atoms with van der Waals surface area (Å²) in [6, 6.07) is 1.92. The van der Waals surface area contributed by atoms with Crippen LogP contribution in [0.1, 0.15) is 27.2 Å². The monoisotopic (exact) mass is 312 g/mol. The van der Waals surface area contributed by atoms with Crippen molar-refractivity contribution in [2.45, 2.75) is 38.8 Å². The largest absolute Gasteiger partial charge is 0.444 e. The Bertz CT molecular complexity index is 518. The number of hydrogen-bond acceptors (Lipinski definition) is 5. The van der Waals surface area contributed by atoms with Crippen LogP contribution in [0, 0.1) is 0 Å². The van der Waals surface area contributed by atoms with Crippen molar-refractivity contribution in [1.29, 1.82) is 0 Å². The topological polar surface area (TPSA) is 58.6 Å². The molecule has 1 aliphatic heterocycles. The molecule has 1 atom stereocenters. The van der Waals surface area contributed by atoms with E-state index in [9.17, 15) is 4.79 Å². The summed E-state index contributed by atoms with van der Waals surface area (Å²) in [7, 11) is 1.95. The molecule has 1 aliphatic rings. The molecule has 0 aliphatic carbocycles. The number of carbonyl (C=O) groups excluding carboxylic acids is 1. The van der Waals surface area contributed by atoms with Gasteiger partial charge in [0, 0.05) is 32.2 Å². The van der Waals surface area contributed by atoms with Crippen molar-refractivity contribution in [3.8, 4) is 0 Å². The molecule has 0 N–H and O–H groups in total. The summed E-state index contributed by atoms with van der Waals surface area (Å²) in [5.41, 5.74) is -0.471. The average Bonchev–Trinajstić information content (AvgIpc) is 2.85. The second-order valence-corrected chi connectivity index (χ2v) is 6.57. The number of aromatic nitrogens is 2. The fraction of sp³-hybridized carbons (Fsp3) is 0.643. The van der Waals surface area contributed by atoms with Crippen LogP contribution in [0.5, 0.6) is 0 Å². The smallest absolute Gasteiger partial charge is 0.410 e. The van der Waals surface area contributed by atoms with Gasteiger partial charge < -0.3 is 14.5 Å². The molecule has 1 aromatic rings. The molecule has 2 heterocycles. The lowest BCUT2D eigenvalue weighted by Gasteiger charge is -2.27. The Morgan fingerprint density at radius 2 is 2.19 bits per heavy atom. The maximum Gasteiger partial charge on any atom is 0.410 e. The lowest BCUT2D eigenvalue weighted by Crippen LogP contribution is -2.39. The summed E-state index contributed by atoms with van der Waals surface area (Å²) in [6.45, 7) is 6.91. The minimum atomic E-state index is -0.471. The third-order valence-corrected chi connectivity index (χ3v) is 3.55. The molecule has 0 spiro atoms. The molecular formula is C14H21ClN4O2. The first-order valence-electron chi connectivity index (χ1n) is 6.94. The van der Waals surface area contributed by atoms with E-state index in [0.717, 1.165) is 12.2 Å². The number of anilines is 1. The number of amides is 1. The number of ether oxygens (including phenoxy) is 1. The van der Waals surface area contributed by atoms with Crippen molar-refractivity contribution in [2.75, 3.05) is 25.0 Å². The molecule has 0 aromatic carbocycles. The molecule has 2 rings (SSSR count). The Morgan fingerprint density at radius 1 is 1.48 bits per heavy atom. The van der Waals surface area contributed by atoms with Gasteiger partial charge in [0.15, 0.2) is 0 Å². The number of hydrogen-bond donors (Lipinski definition) is 0. The molecule has 1 amide bonds. The molecule has 21 heavy (non-hydrogen) atoms. The molecule has 116 valence electrons. The zero-order valence-electron chi connectivity index (χ0n) is 12.8. The number of likely N-dealkylation sites (tertiary alicyclic amines) is 1. The fourth-order valence-electron chi connectivity index (χ4n) is 2.25. The summed E-state index contributed by atoms with van der Waals surface area (Å²) in [5.74, 6) is 0.756. The Balaban J connectivity index is 1.97. The van der Waals surface area contributed by atoms with Crippen LogP contribution in [0.3, 0.4) is 0 Å². The maximum absolute atomic E-state index is 12.1. The summed E-state index contributed by atoms with van der Waals surface area (Å²) >= 11 is 5.89. The number of halogens is 1. The standard InChI is InChI=1S/C14H21ClN4O2/c1-14(2,3)21-13(20)19-6-5-10(8-19)18(4)12-7-11(15)16-9-17-12/h7,9-10H,5-6,8H2,1-4H3/t10-/m0/s1. The molecule has 1 saturated heterocycles. The Hall–Kier alpha value is -1.56. The van der Waals surface area contributed by atoms with Gasteiger partial charge in [-0.1, -0.05) is 11.6 Å². The zero-order valence-corrected chi connectivity index (χ0v) is 13.6. The van der Waals surface area contributed by atoms with Crippen LogP contribution in [-0.4, -0.2) is 52.7 Å². The van der Waals surface area contributed by atoms with Gasteiger partial charge in [-0.05, 0) is 27.2 Å². The minimum Gasteiger partial charge on any atom is -0.444 e. The Kier molecular flexibility index (Phi) is 4.56. The molecule has 0 saturated carbocycles. The lowest BCUT2D eigenvalue weighted by molar-refractivity contribution is 0.0292. The van der Waals surface area contributed by atoms with Crippen molar-refractivity contribution >= 4 is 23.5 Å². The van der Waals surface area contributed by atoms with Gasteiger partial charge in [0.1, 0.15) is 22.9 Å². The predicted molar refractivity (Wildman–Crippen MR) is 81.7 cm³/mol. The van der Waals surface area contributed by atoms with Gasteiger partial charge in [-0.25, -0.2) is 14.8 Å². The van der Waals surface area contributed by atoms with Crippen molar-refractivity contribution in [2.24, 2.45) is 0 Å². The molecule has 0 unspecified atom stereocenters. The molecular weight excluding hydrogens is 292 g/mol. The van der Waals surface area contributed by atoms with Gasteiger partial charge in [-0.2, -0.15) is 0 Å². The van der Waals surface area contributed by atoms with E-state index in [1.807, 2.05) is 32.7 Å². The summed E-state index contributed by atoms with van der Waals surface area (Å²) in [5, 5.41) is 0.411. The van der Waals surface area contributed by atoms with E-state index in [1.54, 1.807) is 11.0 Å². The van der Waals surface area contributed by atoms with Gasteiger partial charge in [0.05, 0.1) is 0 Å². The van der Waals surface area contributed by atoms with E-state index in [0.29, 0.717) is 18.2 Å². The molecule has 0 bridgehead atoms. The summed E-state index contributed by atoms with van der Waals surface area (Å²) in [4.78, 5) is 23.9. The number of rotatable bonds is 2. The Morgan fingerprint density at radius 3 is 2.81 bits per heavy atom.